The number of rotatable bonds is 5. The Hall–Kier alpha value is -1.65. The summed E-state index contributed by atoms with van der Waals surface area (Å²) in [4.78, 5) is 4.39. The molecule has 0 saturated carbocycles. The number of ether oxygens (including phenoxy) is 1. The van der Waals surface area contributed by atoms with Gasteiger partial charge < -0.3 is 15.4 Å². The van der Waals surface area contributed by atoms with Crippen LogP contribution in [0.1, 0.15) is 6.92 Å². The average molecular weight is 312 g/mol. The summed E-state index contributed by atoms with van der Waals surface area (Å²) in [7, 11) is 1.61. The Morgan fingerprint density at radius 1 is 1.15 bits per heavy atom. The van der Waals surface area contributed by atoms with Gasteiger partial charge >= 0.3 is 0 Å². The van der Waals surface area contributed by atoms with Gasteiger partial charge in [0.1, 0.15) is 11.6 Å². The predicted octanol–water partition coefficient (Wildman–Crippen LogP) is 4.57. The van der Waals surface area contributed by atoms with E-state index in [4.69, 9.17) is 27.9 Å². The van der Waals surface area contributed by atoms with E-state index < -0.39 is 0 Å². The van der Waals surface area contributed by atoms with E-state index in [1.807, 2.05) is 31.2 Å². The Morgan fingerprint density at radius 3 is 2.55 bits per heavy atom. The number of nitrogens with one attached hydrogen (secondary N) is 2. The van der Waals surface area contributed by atoms with Crippen molar-refractivity contribution in [3.05, 3.63) is 40.4 Å². The molecule has 0 bridgehead atoms. The third-order valence-corrected chi connectivity index (χ3v) is 3.21. The second kappa shape index (κ2) is 6.68. The zero-order valence-electron chi connectivity index (χ0n) is 11.2. The topological polar surface area (TPSA) is 46.2 Å². The maximum absolute atomic E-state index is 6.17. The molecule has 0 spiro atoms. The molecule has 0 amide bonds. The van der Waals surface area contributed by atoms with Crippen molar-refractivity contribution in [3.8, 4) is 5.75 Å². The Morgan fingerprint density at radius 2 is 1.85 bits per heavy atom. The minimum absolute atomic E-state index is 0.447. The first-order valence-electron chi connectivity index (χ1n) is 6.15. The fourth-order valence-electron chi connectivity index (χ4n) is 1.72. The van der Waals surface area contributed by atoms with Crippen LogP contribution in [0.4, 0.5) is 17.3 Å². The molecule has 2 aromatic rings. The Labute approximate surface area is 128 Å². The van der Waals surface area contributed by atoms with Gasteiger partial charge in [-0.05, 0) is 25.1 Å². The highest BCUT2D eigenvalue weighted by atomic mass is 35.5. The van der Waals surface area contributed by atoms with Gasteiger partial charge in [-0.2, -0.15) is 0 Å². The number of pyridine rings is 1. The van der Waals surface area contributed by atoms with Gasteiger partial charge in [0, 0.05) is 6.54 Å². The molecule has 1 heterocycles. The van der Waals surface area contributed by atoms with Gasteiger partial charge in [0.25, 0.3) is 0 Å². The minimum atomic E-state index is 0.447. The van der Waals surface area contributed by atoms with Gasteiger partial charge in [0.15, 0.2) is 5.82 Å². The highest BCUT2D eigenvalue weighted by molar-refractivity contribution is 6.37. The summed E-state index contributed by atoms with van der Waals surface area (Å²) in [6.07, 6.45) is 0. The normalized spacial score (nSPS) is 10.2. The smallest absolute Gasteiger partial charge is 0.151 e. The lowest BCUT2D eigenvalue weighted by molar-refractivity contribution is 0.417. The molecule has 0 aliphatic heterocycles. The summed E-state index contributed by atoms with van der Waals surface area (Å²) < 4.78 is 5.28. The van der Waals surface area contributed by atoms with Crippen molar-refractivity contribution in [1.29, 1.82) is 0 Å². The zero-order chi connectivity index (χ0) is 14.5. The average Bonchev–Trinajstić information content (AvgIpc) is 2.45. The molecule has 1 aromatic carbocycles. The lowest BCUT2D eigenvalue weighted by Gasteiger charge is -2.13. The third-order valence-electron chi connectivity index (χ3n) is 2.63. The fourth-order valence-corrected chi connectivity index (χ4v) is 2.19. The van der Waals surface area contributed by atoms with Crippen LogP contribution in [0.15, 0.2) is 30.3 Å². The first-order valence-corrected chi connectivity index (χ1v) is 6.91. The SMILES string of the molecule is CCNc1nc(Nc2ccccc2OC)c(Cl)cc1Cl. The van der Waals surface area contributed by atoms with Gasteiger partial charge in [-0.3, -0.25) is 0 Å². The molecule has 0 saturated heterocycles. The molecule has 0 aliphatic carbocycles. The Bertz CT molecular complexity index is 605. The molecule has 0 unspecified atom stereocenters. The molecule has 2 rings (SSSR count). The van der Waals surface area contributed by atoms with Crippen molar-refractivity contribution in [2.24, 2.45) is 0 Å². The summed E-state index contributed by atoms with van der Waals surface area (Å²) >= 11 is 12.2. The van der Waals surface area contributed by atoms with Crippen molar-refractivity contribution in [1.82, 2.24) is 4.98 Å². The van der Waals surface area contributed by atoms with Crippen molar-refractivity contribution in [3.63, 3.8) is 0 Å². The molecule has 20 heavy (non-hydrogen) atoms. The molecular formula is C14H15Cl2N3O. The number of halogens is 2. The van der Waals surface area contributed by atoms with Crippen molar-refractivity contribution < 1.29 is 4.74 Å². The van der Waals surface area contributed by atoms with Crippen LogP contribution in [-0.2, 0) is 0 Å². The van der Waals surface area contributed by atoms with Crippen LogP contribution < -0.4 is 15.4 Å². The van der Waals surface area contributed by atoms with Crippen molar-refractivity contribution in [2.45, 2.75) is 6.92 Å². The number of hydrogen-bond acceptors (Lipinski definition) is 4. The van der Waals surface area contributed by atoms with Crippen LogP contribution in [0.5, 0.6) is 5.75 Å². The van der Waals surface area contributed by atoms with Crippen LogP contribution in [0, 0.1) is 0 Å². The van der Waals surface area contributed by atoms with E-state index in [1.54, 1.807) is 13.2 Å². The first-order chi connectivity index (χ1) is 9.65. The highest BCUT2D eigenvalue weighted by Gasteiger charge is 2.11. The summed E-state index contributed by atoms with van der Waals surface area (Å²) in [6.45, 7) is 2.70. The van der Waals surface area contributed by atoms with Gasteiger partial charge in [0.05, 0.1) is 22.8 Å². The standard InChI is InChI=1S/C14H15Cl2N3O/c1-3-17-13-9(15)8-10(16)14(19-13)18-11-6-4-5-7-12(11)20-2/h4-8H,3H2,1-2H3,(H2,17,18,19). The van der Waals surface area contributed by atoms with Crippen LogP contribution in [0.25, 0.3) is 0 Å². The van der Waals surface area contributed by atoms with E-state index in [-0.39, 0.29) is 0 Å². The second-order valence-corrected chi connectivity index (χ2v) is 4.82. The largest absolute Gasteiger partial charge is 0.495 e. The van der Waals surface area contributed by atoms with E-state index in [0.29, 0.717) is 27.4 Å². The lowest BCUT2D eigenvalue weighted by atomic mass is 10.3. The van der Waals surface area contributed by atoms with E-state index in [1.165, 1.54) is 0 Å². The molecular weight excluding hydrogens is 297 g/mol. The van der Waals surface area contributed by atoms with Crippen LogP contribution in [0.2, 0.25) is 10.0 Å². The Balaban J connectivity index is 2.35. The number of hydrogen-bond donors (Lipinski definition) is 2. The van der Waals surface area contributed by atoms with E-state index in [9.17, 15) is 0 Å². The number of anilines is 3. The molecule has 0 radical (unpaired) electrons. The van der Waals surface area contributed by atoms with E-state index >= 15 is 0 Å². The molecule has 1 aromatic heterocycles. The maximum atomic E-state index is 6.17. The number of benzene rings is 1. The summed E-state index contributed by atoms with van der Waals surface area (Å²) in [5.74, 6) is 1.83. The number of aromatic nitrogens is 1. The minimum Gasteiger partial charge on any atom is -0.495 e. The summed E-state index contributed by atoms with van der Waals surface area (Å²) in [6, 6.07) is 9.20. The number of methoxy groups -OCH3 is 1. The lowest BCUT2D eigenvalue weighted by Crippen LogP contribution is -2.03. The molecule has 0 aliphatic rings. The third kappa shape index (κ3) is 3.26. The highest BCUT2D eigenvalue weighted by Crippen LogP contribution is 2.33. The van der Waals surface area contributed by atoms with Gasteiger partial charge in [-0.1, -0.05) is 35.3 Å². The van der Waals surface area contributed by atoms with Gasteiger partial charge in [-0.15, -0.1) is 0 Å². The molecule has 0 atom stereocenters. The first kappa shape index (κ1) is 14.8. The fraction of sp³-hybridized carbons (Fsp3) is 0.214. The van der Waals surface area contributed by atoms with Gasteiger partial charge in [0.2, 0.25) is 0 Å². The van der Waals surface area contributed by atoms with Crippen LogP contribution >= 0.6 is 23.2 Å². The quantitative estimate of drug-likeness (QED) is 0.849. The molecule has 4 nitrogen and oxygen atoms in total. The second-order valence-electron chi connectivity index (χ2n) is 4.00. The molecule has 2 N–H and O–H groups in total. The maximum Gasteiger partial charge on any atom is 0.151 e. The van der Waals surface area contributed by atoms with Crippen LogP contribution in [0.3, 0.4) is 0 Å². The van der Waals surface area contributed by atoms with E-state index in [0.717, 1.165) is 12.2 Å². The molecule has 106 valence electrons. The van der Waals surface area contributed by atoms with Crippen molar-refractivity contribution >= 4 is 40.5 Å². The molecule has 0 fully saturated rings. The van der Waals surface area contributed by atoms with Crippen molar-refractivity contribution in [2.75, 3.05) is 24.3 Å². The summed E-state index contributed by atoms with van der Waals surface area (Å²) in [5.41, 5.74) is 0.786. The predicted molar refractivity (Wildman–Crippen MR) is 84.7 cm³/mol. The number of nitrogens with zero attached hydrogens (tertiary/aromatic N) is 1. The zero-order valence-corrected chi connectivity index (χ0v) is 12.7. The van der Waals surface area contributed by atoms with Crippen LogP contribution in [-0.4, -0.2) is 18.6 Å². The Kier molecular flexibility index (Phi) is 4.93. The molecule has 6 heteroatoms. The van der Waals surface area contributed by atoms with E-state index in [2.05, 4.69) is 15.6 Å². The monoisotopic (exact) mass is 311 g/mol. The van der Waals surface area contributed by atoms with Gasteiger partial charge in [-0.25, -0.2) is 4.98 Å². The summed E-state index contributed by atoms with van der Waals surface area (Å²) in [5, 5.41) is 7.17. The number of para-hydroxylation sites is 2.